The summed E-state index contributed by atoms with van der Waals surface area (Å²) in [5.41, 5.74) is 7.14. The third kappa shape index (κ3) is 2.82. The highest BCUT2D eigenvalue weighted by atomic mass is 16.2. The Labute approximate surface area is 118 Å². The van der Waals surface area contributed by atoms with Crippen LogP contribution < -0.4 is 11.1 Å². The van der Waals surface area contributed by atoms with Crippen LogP contribution >= 0.6 is 0 Å². The lowest BCUT2D eigenvalue weighted by atomic mass is 10.0. The van der Waals surface area contributed by atoms with E-state index in [1.54, 1.807) is 17.1 Å². The molecule has 106 valence electrons. The number of nitrogens with two attached hydrogens (primary N) is 1. The number of hydrogen-bond donors (Lipinski definition) is 2. The van der Waals surface area contributed by atoms with Gasteiger partial charge < -0.3 is 15.6 Å². The number of nitrogens with one attached hydrogen (secondary N) is 1. The van der Waals surface area contributed by atoms with Crippen LogP contribution in [0.5, 0.6) is 0 Å². The number of aryl methyl sites for hydroxylation is 1. The lowest BCUT2D eigenvalue weighted by Crippen LogP contribution is -2.43. The van der Waals surface area contributed by atoms with E-state index in [9.17, 15) is 4.79 Å². The van der Waals surface area contributed by atoms with Crippen LogP contribution in [-0.2, 0) is 16.9 Å². The van der Waals surface area contributed by atoms with Gasteiger partial charge in [-0.1, -0.05) is 24.3 Å². The first kappa shape index (κ1) is 14.1. The van der Waals surface area contributed by atoms with E-state index in [4.69, 9.17) is 5.73 Å². The maximum Gasteiger partial charge on any atom is 0.245 e. The molecule has 1 aromatic carbocycles. The Balaban J connectivity index is 2.06. The molecule has 5 heteroatoms. The van der Waals surface area contributed by atoms with E-state index >= 15 is 0 Å². The zero-order chi connectivity index (χ0) is 14.8. The third-order valence-electron chi connectivity index (χ3n) is 3.50. The molecule has 0 atom stereocenters. The molecule has 1 amide bonds. The quantitative estimate of drug-likeness (QED) is 0.891. The molecule has 2 rings (SSSR count). The Morgan fingerprint density at radius 3 is 2.70 bits per heavy atom. The summed E-state index contributed by atoms with van der Waals surface area (Å²) in [6, 6.07) is 8.00. The van der Waals surface area contributed by atoms with Crippen molar-refractivity contribution in [1.82, 2.24) is 14.9 Å². The second-order valence-electron chi connectivity index (χ2n) is 5.37. The SMILES string of the molecule is Cc1ccccc1CNC(=O)C(C)(C)n1cnc(N)c1. The summed E-state index contributed by atoms with van der Waals surface area (Å²) < 4.78 is 1.72. The van der Waals surface area contributed by atoms with Gasteiger partial charge in [-0.05, 0) is 31.9 Å². The topological polar surface area (TPSA) is 72.9 Å². The van der Waals surface area contributed by atoms with Crippen LogP contribution in [0.1, 0.15) is 25.0 Å². The van der Waals surface area contributed by atoms with Gasteiger partial charge in [-0.3, -0.25) is 4.79 Å². The minimum atomic E-state index is -0.729. The lowest BCUT2D eigenvalue weighted by Gasteiger charge is -2.25. The number of carbonyl (C=O) groups excluding carboxylic acids is 1. The van der Waals surface area contributed by atoms with Gasteiger partial charge in [0.25, 0.3) is 0 Å². The first-order chi connectivity index (χ1) is 9.41. The number of nitrogens with zero attached hydrogens (tertiary/aromatic N) is 2. The largest absolute Gasteiger partial charge is 0.382 e. The van der Waals surface area contributed by atoms with Crippen molar-refractivity contribution in [3.63, 3.8) is 0 Å². The first-order valence-electron chi connectivity index (χ1n) is 6.54. The average molecular weight is 272 g/mol. The molecule has 0 fully saturated rings. The molecule has 2 aromatic rings. The van der Waals surface area contributed by atoms with Gasteiger partial charge in [-0.15, -0.1) is 0 Å². The van der Waals surface area contributed by atoms with Crippen LogP contribution in [-0.4, -0.2) is 15.5 Å². The molecule has 0 aliphatic rings. The molecule has 0 unspecified atom stereocenters. The molecule has 0 aliphatic carbocycles. The zero-order valence-electron chi connectivity index (χ0n) is 12.1. The van der Waals surface area contributed by atoms with Crippen molar-refractivity contribution in [3.8, 4) is 0 Å². The number of aromatic nitrogens is 2. The lowest BCUT2D eigenvalue weighted by molar-refractivity contribution is -0.128. The smallest absolute Gasteiger partial charge is 0.245 e. The maximum absolute atomic E-state index is 12.4. The van der Waals surface area contributed by atoms with Crippen LogP contribution in [0.15, 0.2) is 36.8 Å². The van der Waals surface area contributed by atoms with Gasteiger partial charge in [0.15, 0.2) is 0 Å². The van der Waals surface area contributed by atoms with Gasteiger partial charge in [-0.25, -0.2) is 4.98 Å². The number of anilines is 1. The van der Waals surface area contributed by atoms with Crippen molar-refractivity contribution in [3.05, 3.63) is 47.9 Å². The molecule has 0 spiro atoms. The van der Waals surface area contributed by atoms with Crippen LogP contribution in [0, 0.1) is 6.92 Å². The fourth-order valence-corrected chi connectivity index (χ4v) is 1.96. The van der Waals surface area contributed by atoms with Gasteiger partial charge in [0.1, 0.15) is 11.4 Å². The molecule has 5 nitrogen and oxygen atoms in total. The Morgan fingerprint density at radius 2 is 2.10 bits per heavy atom. The second kappa shape index (κ2) is 5.36. The van der Waals surface area contributed by atoms with E-state index in [0.29, 0.717) is 12.4 Å². The predicted octanol–water partition coefficient (Wildman–Crippen LogP) is 1.83. The normalized spacial score (nSPS) is 11.3. The van der Waals surface area contributed by atoms with E-state index in [2.05, 4.69) is 10.3 Å². The number of nitrogen functional groups attached to an aromatic ring is 1. The van der Waals surface area contributed by atoms with Crippen molar-refractivity contribution in [2.24, 2.45) is 0 Å². The van der Waals surface area contributed by atoms with Crippen molar-refractivity contribution >= 4 is 11.7 Å². The summed E-state index contributed by atoms with van der Waals surface area (Å²) in [5, 5.41) is 2.96. The fourth-order valence-electron chi connectivity index (χ4n) is 1.96. The highest BCUT2D eigenvalue weighted by Crippen LogP contribution is 2.17. The summed E-state index contributed by atoms with van der Waals surface area (Å²) >= 11 is 0. The summed E-state index contributed by atoms with van der Waals surface area (Å²) in [4.78, 5) is 16.3. The van der Waals surface area contributed by atoms with Gasteiger partial charge in [0, 0.05) is 12.7 Å². The average Bonchev–Trinajstić information content (AvgIpc) is 2.85. The maximum atomic E-state index is 12.4. The van der Waals surface area contributed by atoms with E-state index in [0.717, 1.165) is 11.1 Å². The molecule has 0 saturated carbocycles. The molecular formula is C15H20N4O. The molecular weight excluding hydrogens is 252 g/mol. The summed E-state index contributed by atoms with van der Waals surface area (Å²) in [6.45, 7) is 6.21. The fraction of sp³-hybridized carbons (Fsp3) is 0.333. The Hall–Kier alpha value is -2.30. The van der Waals surface area contributed by atoms with Crippen molar-refractivity contribution in [2.45, 2.75) is 32.9 Å². The Bertz CT molecular complexity index is 616. The van der Waals surface area contributed by atoms with Crippen molar-refractivity contribution in [1.29, 1.82) is 0 Å². The number of benzene rings is 1. The predicted molar refractivity (Wildman–Crippen MR) is 79.0 cm³/mol. The van der Waals surface area contributed by atoms with Crippen molar-refractivity contribution < 1.29 is 4.79 Å². The van der Waals surface area contributed by atoms with Gasteiger partial charge in [-0.2, -0.15) is 0 Å². The second-order valence-corrected chi connectivity index (χ2v) is 5.37. The molecule has 1 heterocycles. The molecule has 0 aliphatic heterocycles. The Kier molecular flexibility index (Phi) is 3.79. The van der Waals surface area contributed by atoms with Gasteiger partial charge >= 0.3 is 0 Å². The first-order valence-corrected chi connectivity index (χ1v) is 6.54. The van der Waals surface area contributed by atoms with Crippen LogP contribution in [0.4, 0.5) is 5.82 Å². The molecule has 0 saturated heterocycles. The highest BCUT2D eigenvalue weighted by molar-refractivity contribution is 5.83. The van der Waals surface area contributed by atoms with Crippen LogP contribution in [0.25, 0.3) is 0 Å². The summed E-state index contributed by atoms with van der Waals surface area (Å²) in [5.74, 6) is 0.336. The van der Waals surface area contributed by atoms with E-state index < -0.39 is 5.54 Å². The standard InChI is InChI=1S/C15H20N4O/c1-11-6-4-5-7-12(11)8-17-14(20)15(2,3)19-9-13(16)18-10-19/h4-7,9-10H,8,16H2,1-3H3,(H,17,20). The Morgan fingerprint density at radius 1 is 1.40 bits per heavy atom. The highest BCUT2D eigenvalue weighted by Gasteiger charge is 2.29. The number of hydrogen-bond acceptors (Lipinski definition) is 3. The molecule has 0 bridgehead atoms. The van der Waals surface area contributed by atoms with Crippen molar-refractivity contribution in [2.75, 3.05) is 5.73 Å². The molecule has 1 aromatic heterocycles. The van der Waals surface area contributed by atoms with E-state index in [-0.39, 0.29) is 5.91 Å². The van der Waals surface area contributed by atoms with Gasteiger partial charge in [0.05, 0.1) is 6.33 Å². The third-order valence-corrected chi connectivity index (χ3v) is 3.50. The minimum absolute atomic E-state index is 0.0712. The molecule has 3 N–H and O–H groups in total. The minimum Gasteiger partial charge on any atom is -0.382 e. The monoisotopic (exact) mass is 272 g/mol. The number of imidazole rings is 1. The number of carbonyl (C=O) groups is 1. The van der Waals surface area contributed by atoms with Crippen LogP contribution in [0.3, 0.4) is 0 Å². The summed E-state index contributed by atoms with van der Waals surface area (Å²) in [7, 11) is 0. The van der Waals surface area contributed by atoms with Crippen LogP contribution in [0.2, 0.25) is 0 Å². The molecule has 0 radical (unpaired) electrons. The number of amides is 1. The van der Waals surface area contributed by atoms with E-state index in [1.165, 1.54) is 0 Å². The summed E-state index contributed by atoms with van der Waals surface area (Å²) in [6.07, 6.45) is 3.23. The zero-order valence-corrected chi connectivity index (χ0v) is 12.1. The number of rotatable bonds is 4. The van der Waals surface area contributed by atoms with Gasteiger partial charge in [0.2, 0.25) is 5.91 Å². The van der Waals surface area contributed by atoms with E-state index in [1.807, 2.05) is 45.0 Å². The molecule has 20 heavy (non-hydrogen) atoms.